The first-order chi connectivity index (χ1) is 32.5. The van der Waals surface area contributed by atoms with E-state index in [-0.39, 0.29) is 36.2 Å². The molecule has 0 aromatic rings. The van der Waals surface area contributed by atoms with Crippen molar-refractivity contribution in [1.82, 2.24) is 10.6 Å². The van der Waals surface area contributed by atoms with Crippen LogP contribution in [0.25, 0.3) is 0 Å². The number of carboxylic acid groups (broad SMARTS) is 1. The van der Waals surface area contributed by atoms with E-state index in [2.05, 4.69) is 10.6 Å². The van der Waals surface area contributed by atoms with Crippen LogP contribution in [-0.4, -0.2) is 281 Å². The molecule has 0 bridgehead atoms. The first-order valence-corrected chi connectivity index (χ1v) is 22.0. The summed E-state index contributed by atoms with van der Waals surface area (Å²) in [6.45, 7) is 0.624. The molecule has 0 spiro atoms. The van der Waals surface area contributed by atoms with Gasteiger partial charge in [0.1, 0.15) is 116 Å². The summed E-state index contributed by atoms with van der Waals surface area (Å²) in [4.78, 5) is 38.0. The third-order valence-corrected chi connectivity index (χ3v) is 12.4. The van der Waals surface area contributed by atoms with Crippen LogP contribution >= 0.6 is 0 Å². The molecule has 0 aliphatic carbocycles. The Labute approximate surface area is 421 Å². The summed E-state index contributed by atoms with van der Waals surface area (Å²) in [6.07, 6.45) is -45.6. The van der Waals surface area contributed by atoms with Crippen LogP contribution in [-0.2, 0) is 61.8 Å². The number of rotatable bonds is 19. The van der Waals surface area contributed by atoms with E-state index < -0.39 is 210 Å². The number of hydrogen-bond acceptors (Lipinski definition) is 28. The number of aliphatic hydroxyl groups is 14. The maximum Gasteiger partial charge on any atom is 1.00 e. The van der Waals surface area contributed by atoms with Crippen LogP contribution in [0.3, 0.4) is 0 Å². The predicted molar refractivity (Wildman–Crippen MR) is 212 cm³/mol. The number of carbonyl (C=O) groups is 3. The molecule has 400 valence electrons. The van der Waals surface area contributed by atoms with Crippen LogP contribution in [0, 0.1) is 0 Å². The Kier molecular flexibility index (Phi) is 22.9. The van der Waals surface area contributed by atoms with Gasteiger partial charge in [-0.05, 0) is 13.8 Å². The molecule has 5 aliphatic rings. The quantitative estimate of drug-likeness (QED) is 0.0534. The van der Waals surface area contributed by atoms with Crippen molar-refractivity contribution in [3.05, 3.63) is 0 Å². The van der Waals surface area contributed by atoms with Gasteiger partial charge >= 0.3 is 29.6 Å². The average Bonchev–Trinajstić information content (AvgIpc) is 3.30. The van der Waals surface area contributed by atoms with Crippen LogP contribution in [0.15, 0.2) is 0 Å². The van der Waals surface area contributed by atoms with Gasteiger partial charge in [-0.25, -0.2) is 0 Å². The zero-order valence-corrected chi connectivity index (χ0v) is 40.7. The summed E-state index contributed by atoms with van der Waals surface area (Å²) in [6, 6.07) is -3.46. The number of carboxylic acids is 1. The molecule has 31 heteroatoms. The van der Waals surface area contributed by atoms with E-state index in [0.29, 0.717) is 0 Å². The van der Waals surface area contributed by atoms with Crippen LogP contribution in [0.2, 0.25) is 0 Å². The van der Waals surface area contributed by atoms with Crippen molar-refractivity contribution < 1.29 is 168 Å². The molecule has 70 heavy (non-hydrogen) atoms. The second-order valence-corrected chi connectivity index (χ2v) is 17.2. The zero-order chi connectivity index (χ0) is 51.4. The summed E-state index contributed by atoms with van der Waals surface area (Å²) in [5.41, 5.74) is 0. The van der Waals surface area contributed by atoms with Gasteiger partial charge in [0.25, 0.3) is 0 Å². The van der Waals surface area contributed by atoms with E-state index in [1.54, 1.807) is 6.92 Å². The SMILES string of the molecule is CCO[C@@H]1O[C@@H](CO)[C@H](O)[C@H](O[C@@H]2O[C@@H](CO)[C@@H](O[C@@H]3O[C@@H](CO)[C@H](O)[C@H](O[C@]4(C(=O)[O-])C[C@@H](O)[C@@H](NC(C)=O)[C@H]([C@H](O)[C@H](O)CO)O4)[C@@H]3O)[C@H](O[C@@H]3O[C@@H](C)[C@@H](O)[C@H](O)[C@@H]3O)[C@@H]2NC(C)=O)[C@@H]1O.[Na+]. The monoisotopic (exact) mass is 1030 g/mol. The van der Waals surface area contributed by atoms with Gasteiger partial charge in [0.2, 0.25) is 17.6 Å². The molecule has 5 saturated heterocycles. The van der Waals surface area contributed by atoms with Crippen molar-refractivity contribution >= 4 is 17.8 Å². The number of ether oxygens (including phenoxy) is 10. The molecule has 2 amide bonds. The van der Waals surface area contributed by atoms with E-state index in [4.69, 9.17) is 47.4 Å². The summed E-state index contributed by atoms with van der Waals surface area (Å²) >= 11 is 0. The van der Waals surface area contributed by atoms with E-state index in [1.165, 1.54) is 6.92 Å². The maximum atomic E-state index is 13.0. The Morgan fingerprint density at radius 1 is 0.643 bits per heavy atom. The molecule has 5 aliphatic heterocycles. The number of aliphatic hydroxyl groups excluding tert-OH is 14. The van der Waals surface area contributed by atoms with Crippen molar-refractivity contribution in [1.29, 1.82) is 0 Å². The van der Waals surface area contributed by atoms with Crippen molar-refractivity contribution in [2.24, 2.45) is 0 Å². The molecule has 0 saturated carbocycles. The normalized spacial score (nSPS) is 45.4. The second-order valence-electron chi connectivity index (χ2n) is 17.2. The van der Waals surface area contributed by atoms with E-state index in [1.807, 2.05) is 0 Å². The van der Waals surface area contributed by atoms with E-state index in [9.17, 15) is 91.0 Å². The Morgan fingerprint density at radius 2 is 1.14 bits per heavy atom. The number of amides is 2. The van der Waals surface area contributed by atoms with Crippen LogP contribution in [0.1, 0.15) is 34.1 Å². The van der Waals surface area contributed by atoms with Crippen LogP contribution in [0.5, 0.6) is 0 Å². The predicted octanol–water partition coefficient (Wildman–Crippen LogP) is -14.7. The average molecular weight is 1030 g/mol. The molecule has 26 atom stereocenters. The smallest absolute Gasteiger partial charge is 0.544 e. The molecule has 16 N–H and O–H groups in total. The third kappa shape index (κ3) is 13.3. The van der Waals surface area contributed by atoms with Gasteiger partial charge in [-0.3, -0.25) is 9.59 Å². The van der Waals surface area contributed by atoms with Gasteiger partial charge in [0.15, 0.2) is 25.2 Å². The van der Waals surface area contributed by atoms with E-state index in [0.717, 1.165) is 13.8 Å². The Hall–Kier alpha value is -1.55. The van der Waals surface area contributed by atoms with Crippen molar-refractivity contribution in [3.63, 3.8) is 0 Å². The van der Waals surface area contributed by atoms with Crippen LogP contribution < -0.4 is 45.3 Å². The van der Waals surface area contributed by atoms with Crippen molar-refractivity contribution in [2.75, 3.05) is 33.0 Å². The van der Waals surface area contributed by atoms with Gasteiger partial charge in [-0.2, -0.15) is 0 Å². The minimum Gasteiger partial charge on any atom is -0.544 e. The van der Waals surface area contributed by atoms with Crippen molar-refractivity contribution in [2.45, 2.75) is 193 Å². The van der Waals surface area contributed by atoms with Gasteiger partial charge in [0, 0.05) is 26.9 Å². The third-order valence-electron chi connectivity index (χ3n) is 12.4. The fraction of sp³-hybridized carbons (Fsp3) is 0.923. The number of carbonyl (C=O) groups excluding carboxylic acids is 3. The molecule has 0 radical (unpaired) electrons. The van der Waals surface area contributed by atoms with Gasteiger partial charge < -0.3 is 139 Å². The molecule has 5 fully saturated rings. The Bertz CT molecular complexity index is 1680. The standard InChI is InChI=1S/C39H66N2O28.Na/c1-5-60-35-27(56)32(23(52)16(8-43)62-35)67-34-20(41-13(4)47)31(66-36-26(55)25(54)21(50)11(2)61-36)29(18(10-45)64-34)65-37-28(57)33(24(53)17(9-44)63-37)69-39(38(58)59)6-14(48)19(40-12(3)46)30(68-39)22(51)15(49)7-42;/h11,14-37,42-45,48-57H,5-10H2,1-4H3,(H,40,46)(H,41,47)(H,58,59);/q;+1/p-1/t11-,14+,15+,16-,17-,18-,19+,20-,21+,22+,23-,24-,25-,26-,27-,28-,29+,30+,31+,32-,33-,34-,35+,36-,37-,39-;/m0./s1. The fourth-order valence-electron chi connectivity index (χ4n) is 8.75. The number of aliphatic carboxylic acids is 1. The number of nitrogens with one attached hydrogen (secondary N) is 2. The maximum absolute atomic E-state index is 13.0. The topological polar surface area (TPSA) is 474 Å². The Morgan fingerprint density at radius 3 is 1.69 bits per heavy atom. The van der Waals surface area contributed by atoms with Crippen LogP contribution in [0.4, 0.5) is 0 Å². The molecule has 5 heterocycles. The van der Waals surface area contributed by atoms with Gasteiger partial charge in [0.05, 0.1) is 44.7 Å². The fourth-order valence-corrected chi connectivity index (χ4v) is 8.75. The second kappa shape index (κ2) is 26.3. The van der Waals surface area contributed by atoms with E-state index >= 15 is 0 Å². The molecular weight excluding hydrogens is 967 g/mol. The summed E-state index contributed by atoms with van der Waals surface area (Å²) in [7, 11) is 0. The van der Waals surface area contributed by atoms with Gasteiger partial charge in [-0.15, -0.1) is 0 Å². The Balaban J connectivity index is 0.0000107. The summed E-state index contributed by atoms with van der Waals surface area (Å²) in [5, 5.41) is 169. The first-order valence-electron chi connectivity index (χ1n) is 22.0. The van der Waals surface area contributed by atoms with Crippen molar-refractivity contribution in [3.8, 4) is 0 Å². The summed E-state index contributed by atoms with van der Waals surface area (Å²) in [5.74, 6) is -7.30. The number of hydrogen-bond donors (Lipinski definition) is 16. The molecule has 5 rings (SSSR count). The molecule has 0 aromatic carbocycles. The molecule has 0 unspecified atom stereocenters. The first kappa shape index (κ1) is 61.0. The minimum atomic E-state index is -3.30. The van der Waals surface area contributed by atoms with Gasteiger partial charge in [-0.1, -0.05) is 0 Å². The minimum absolute atomic E-state index is 0. The summed E-state index contributed by atoms with van der Waals surface area (Å²) < 4.78 is 57.9. The molecule has 30 nitrogen and oxygen atoms in total. The molecular formula is C39H65N2NaO28. The molecule has 0 aromatic heterocycles. The largest absolute Gasteiger partial charge is 1.00 e. The zero-order valence-electron chi connectivity index (χ0n) is 38.7.